The van der Waals surface area contributed by atoms with Crippen LogP contribution < -0.4 is 10.9 Å². The predicted octanol–water partition coefficient (Wildman–Crippen LogP) is 1.98. The third kappa shape index (κ3) is 3.83. The van der Waals surface area contributed by atoms with Gasteiger partial charge in [-0.2, -0.15) is 0 Å². The van der Waals surface area contributed by atoms with Crippen LogP contribution in [0, 0.1) is 0 Å². The summed E-state index contributed by atoms with van der Waals surface area (Å²) in [7, 11) is 2.12. The summed E-state index contributed by atoms with van der Waals surface area (Å²) in [6.45, 7) is 2.88. The van der Waals surface area contributed by atoms with Gasteiger partial charge in [0.1, 0.15) is 10.5 Å². The van der Waals surface area contributed by atoms with Gasteiger partial charge in [-0.05, 0) is 50.8 Å². The van der Waals surface area contributed by atoms with Gasteiger partial charge in [0, 0.05) is 6.04 Å². The molecular formula is C14H21ClN4OS. The highest BCUT2D eigenvalue weighted by molar-refractivity contribution is 7.17. The molecule has 0 radical (unpaired) electrons. The fourth-order valence-electron chi connectivity index (χ4n) is 2.80. The van der Waals surface area contributed by atoms with E-state index in [0.29, 0.717) is 12.6 Å². The maximum Gasteiger partial charge on any atom is 0.268 e. The van der Waals surface area contributed by atoms with Gasteiger partial charge in [-0.25, -0.2) is 4.98 Å². The van der Waals surface area contributed by atoms with Crippen molar-refractivity contribution in [2.45, 2.75) is 31.8 Å². The van der Waals surface area contributed by atoms with Gasteiger partial charge < -0.3 is 10.3 Å². The molecule has 0 spiro atoms. The summed E-state index contributed by atoms with van der Waals surface area (Å²) in [5, 5.41) is 5.34. The number of halogens is 1. The van der Waals surface area contributed by atoms with Crippen LogP contribution in [0.2, 0.25) is 0 Å². The second-order valence-electron chi connectivity index (χ2n) is 5.40. The number of H-pyrrole nitrogens is 1. The molecule has 2 N–H and O–H groups in total. The average molecular weight is 329 g/mol. The minimum absolute atomic E-state index is 0. The summed E-state index contributed by atoms with van der Waals surface area (Å²) in [5.74, 6) is 0.764. The van der Waals surface area contributed by atoms with Crippen molar-refractivity contribution in [3.8, 4) is 0 Å². The van der Waals surface area contributed by atoms with Crippen LogP contribution in [0.25, 0.3) is 10.2 Å². The number of nitrogens with zero attached hydrogens (tertiary/aromatic N) is 2. The van der Waals surface area contributed by atoms with Crippen molar-refractivity contribution in [3.05, 3.63) is 27.6 Å². The summed E-state index contributed by atoms with van der Waals surface area (Å²) in [5.41, 5.74) is 0.792. The van der Waals surface area contributed by atoms with Crippen molar-refractivity contribution in [1.29, 1.82) is 0 Å². The Bertz CT molecular complexity index is 633. The van der Waals surface area contributed by atoms with E-state index in [2.05, 4.69) is 27.2 Å². The summed E-state index contributed by atoms with van der Waals surface area (Å²) in [4.78, 5) is 21.7. The largest absolute Gasteiger partial charge is 0.317 e. The maximum absolute atomic E-state index is 12.0. The summed E-state index contributed by atoms with van der Waals surface area (Å²) in [6.07, 6.45) is 3.57. The van der Waals surface area contributed by atoms with Crippen LogP contribution in [0.4, 0.5) is 0 Å². The monoisotopic (exact) mass is 328 g/mol. The maximum atomic E-state index is 12.0. The molecule has 116 valence electrons. The average Bonchev–Trinajstić information content (AvgIpc) is 2.73. The minimum atomic E-state index is -0.0177. The van der Waals surface area contributed by atoms with E-state index in [0.717, 1.165) is 35.6 Å². The molecule has 1 saturated heterocycles. The minimum Gasteiger partial charge on any atom is -0.317 e. The zero-order chi connectivity index (χ0) is 13.9. The van der Waals surface area contributed by atoms with Crippen LogP contribution in [0.5, 0.6) is 0 Å². The lowest BCUT2D eigenvalue weighted by Gasteiger charge is -2.26. The Morgan fingerprint density at radius 3 is 3.14 bits per heavy atom. The van der Waals surface area contributed by atoms with E-state index in [1.165, 1.54) is 24.2 Å². The number of hydrogen-bond acceptors (Lipinski definition) is 5. The second kappa shape index (κ2) is 7.35. The van der Waals surface area contributed by atoms with Crippen molar-refractivity contribution in [3.63, 3.8) is 0 Å². The van der Waals surface area contributed by atoms with Gasteiger partial charge in [-0.15, -0.1) is 23.7 Å². The molecule has 2 aromatic rings. The van der Waals surface area contributed by atoms with E-state index >= 15 is 0 Å². The molecule has 1 fully saturated rings. The first-order valence-electron chi connectivity index (χ1n) is 7.11. The molecule has 0 amide bonds. The molecule has 0 bridgehead atoms. The third-order valence-corrected chi connectivity index (χ3v) is 4.83. The van der Waals surface area contributed by atoms with Crippen molar-refractivity contribution in [1.82, 2.24) is 20.2 Å². The van der Waals surface area contributed by atoms with Gasteiger partial charge >= 0.3 is 0 Å². The lowest BCUT2D eigenvalue weighted by atomic mass is 10.1. The Labute approximate surface area is 134 Å². The Morgan fingerprint density at radius 1 is 1.43 bits per heavy atom. The number of hydrogen-bond donors (Lipinski definition) is 2. The van der Waals surface area contributed by atoms with Crippen molar-refractivity contribution >= 4 is 34.0 Å². The van der Waals surface area contributed by atoms with Crippen molar-refractivity contribution in [2.75, 3.05) is 20.1 Å². The number of thiophene rings is 1. The summed E-state index contributed by atoms with van der Waals surface area (Å²) >= 11 is 1.44. The molecule has 1 atom stereocenters. The molecule has 1 aliphatic rings. The van der Waals surface area contributed by atoms with Gasteiger partial charge in [0.15, 0.2) is 0 Å². The zero-order valence-corrected chi connectivity index (χ0v) is 13.7. The highest BCUT2D eigenvalue weighted by Crippen LogP contribution is 2.16. The molecule has 0 aliphatic carbocycles. The lowest BCUT2D eigenvalue weighted by molar-refractivity contribution is 0.212. The van der Waals surface area contributed by atoms with Crippen LogP contribution in [-0.2, 0) is 6.54 Å². The number of aromatic amines is 1. The lowest BCUT2D eigenvalue weighted by Crippen LogP contribution is -2.33. The molecule has 0 saturated carbocycles. The highest BCUT2D eigenvalue weighted by Gasteiger charge is 2.17. The Morgan fingerprint density at radius 2 is 2.29 bits per heavy atom. The SMILES string of the molecule is CN(Cc1nc2ccsc2c(=O)[nH]1)C1CCCNCC1.Cl. The molecule has 7 heteroatoms. The third-order valence-electron chi connectivity index (χ3n) is 3.93. The zero-order valence-electron chi connectivity index (χ0n) is 12.1. The normalized spacial score (nSPS) is 19.4. The van der Waals surface area contributed by atoms with Gasteiger partial charge in [-0.1, -0.05) is 0 Å². The highest BCUT2D eigenvalue weighted by atomic mass is 35.5. The first-order valence-corrected chi connectivity index (χ1v) is 7.99. The standard InChI is InChI=1S/C14H20N4OS.ClH/c1-18(10-3-2-6-15-7-4-10)9-12-16-11-5-8-20-13(11)14(19)17-12;/h5,8,10,15H,2-4,6-7,9H2,1H3,(H,16,17,19);1H. The fourth-order valence-corrected chi connectivity index (χ4v) is 3.53. The molecule has 21 heavy (non-hydrogen) atoms. The second-order valence-corrected chi connectivity index (χ2v) is 6.31. The van der Waals surface area contributed by atoms with Gasteiger partial charge in [0.25, 0.3) is 5.56 Å². The smallest absolute Gasteiger partial charge is 0.268 e. The van der Waals surface area contributed by atoms with E-state index in [4.69, 9.17) is 0 Å². The quantitative estimate of drug-likeness (QED) is 0.904. The number of nitrogens with one attached hydrogen (secondary N) is 2. The molecule has 0 aromatic carbocycles. The van der Waals surface area contributed by atoms with Crippen molar-refractivity contribution < 1.29 is 0 Å². The van der Waals surface area contributed by atoms with Crippen LogP contribution >= 0.6 is 23.7 Å². The molecule has 1 unspecified atom stereocenters. The van der Waals surface area contributed by atoms with E-state index in [1.807, 2.05) is 11.4 Å². The van der Waals surface area contributed by atoms with Crippen LogP contribution in [0.1, 0.15) is 25.1 Å². The Kier molecular flexibility index (Phi) is 5.75. The first-order chi connectivity index (χ1) is 9.74. The molecule has 3 rings (SSSR count). The first kappa shape index (κ1) is 16.4. The molecule has 2 aromatic heterocycles. The van der Waals surface area contributed by atoms with Crippen LogP contribution in [-0.4, -0.2) is 41.0 Å². The van der Waals surface area contributed by atoms with E-state index in [-0.39, 0.29) is 18.0 Å². The van der Waals surface area contributed by atoms with Gasteiger partial charge in [-0.3, -0.25) is 9.69 Å². The topological polar surface area (TPSA) is 61.0 Å². The van der Waals surface area contributed by atoms with E-state index < -0.39 is 0 Å². The van der Waals surface area contributed by atoms with Crippen LogP contribution in [0.3, 0.4) is 0 Å². The molecule has 5 nitrogen and oxygen atoms in total. The Hall–Kier alpha value is -0.950. The predicted molar refractivity (Wildman–Crippen MR) is 89.5 cm³/mol. The number of fused-ring (bicyclic) bond motifs is 1. The molecule has 3 heterocycles. The van der Waals surface area contributed by atoms with Crippen molar-refractivity contribution in [2.24, 2.45) is 0 Å². The summed E-state index contributed by atoms with van der Waals surface area (Å²) < 4.78 is 0.718. The fraction of sp³-hybridized carbons (Fsp3) is 0.571. The van der Waals surface area contributed by atoms with Crippen LogP contribution in [0.15, 0.2) is 16.2 Å². The number of aromatic nitrogens is 2. The molecular weight excluding hydrogens is 308 g/mol. The van der Waals surface area contributed by atoms with E-state index in [1.54, 1.807) is 0 Å². The van der Waals surface area contributed by atoms with E-state index in [9.17, 15) is 4.79 Å². The number of rotatable bonds is 3. The van der Waals surface area contributed by atoms with Gasteiger partial charge in [0.2, 0.25) is 0 Å². The molecule has 1 aliphatic heterocycles. The summed E-state index contributed by atoms with van der Waals surface area (Å²) in [6, 6.07) is 2.47. The Balaban J connectivity index is 0.00000161. The van der Waals surface area contributed by atoms with Gasteiger partial charge in [0.05, 0.1) is 12.1 Å².